The molecule has 1 aromatic heterocycles. The molecule has 0 aliphatic rings. The number of para-hydroxylation sites is 1. The van der Waals surface area contributed by atoms with Gasteiger partial charge in [-0.1, -0.05) is 39.0 Å². The number of ether oxygens (including phenoxy) is 3. The smallest absolute Gasteiger partial charge is 0.328 e. The average Bonchev–Trinajstić information content (AvgIpc) is 2.71. The van der Waals surface area contributed by atoms with Crippen molar-refractivity contribution in [3.8, 4) is 17.2 Å². The molecule has 0 fully saturated rings. The second-order valence-electron chi connectivity index (χ2n) is 8.27. The van der Waals surface area contributed by atoms with Gasteiger partial charge in [0.2, 0.25) is 0 Å². The fourth-order valence-electron chi connectivity index (χ4n) is 3.06. The Kier molecular flexibility index (Phi) is 7.85. The molecule has 0 spiro atoms. The fraction of sp³-hybridized carbons (Fsp3) is 0.435. The van der Waals surface area contributed by atoms with Crippen molar-refractivity contribution in [1.82, 2.24) is 10.3 Å². The van der Waals surface area contributed by atoms with E-state index in [1.807, 2.05) is 51.1 Å². The van der Waals surface area contributed by atoms with Crippen LogP contribution in [0.25, 0.3) is 0 Å². The minimum Gasteiger partial charge on any atom is -0.503 e. The number of carbonyl (C=O) groups excluding carboxylic acids is 2. The third-order valence-electron chi connectivity index (χ3n) is 4.61. The van der Waals surface area contributed by atoms with Gasteiger partial charge in [-0.05, 0) is 26.0 Å². The Bertz CT molecular complexity index is 895. The number of benzene rings is 1. The molecule has 31 heavy (non-hydrogen) atoms. The van der Waals surface area contributed by atoms with Gasteiger partial charge in [-0.25, -0.2) is 9.78 Å². The minimum atomic E-state index is -0.973. The summed E-state index contributed by atoms with van der Waals surface area (Å²) in [5.74, 6) is -0.975. The van der Waals surface area contributed by atoms with Crippen LogP contribution in [0.3, 0.4) is 0 Å². The van der Waals surface area contributed by atoms with Gasteiger partial charge in [-0.2, -0.15) is 0 Å². The van der Waals surface area contributed by atoms with Gasteiger partial charge >= 0.3 is 5.97 Å². The maximum atomic E-state index is 12.6. The number of nitrogens with zero attached hydrogens (tertiary/aromatic N) is 1. The molecule has 1 heterocycles. The van der Waals surface area contributed by atoms with Crippen molar-refractivity contribution in [1.29, 1.82) is 0 Å². The topological polar surface area (TPSA) is 107 Å². The molecule has 2 rings (SSSR count). The predicted molar refractivity (Wildman–Crippen MR) is 115 cm³/mol. The molecule has 0 radical (unpaired) electrons. The van der Waals surface area contributed by atoms with Crippen molar-refractivity contribution in [2.24, 2.45) is 5.41 Å². The molecule has 0 saturated heterocycles. The molecule has 2 N–H and O–H groups in total. The molecule has 168 valence electrons. The van der Waals surface area contributed by atoms with Gasteiger partial charge in [-0.3, -0.25) is 4.79 Å². The van der Waals surface area contributed by atoms with E-state index in [4.69, 9.17) is 14.2 Å². The van der Waals surface area contributed by atoms with E-state index in [0.717, 1.165) is 0 Å². The lowest BCUT2D eigenvalue weighted by Gasteiger charge is -2.35. The van der Waals surface area contributed by atoms with Crippen LogP contribution in [-0.2, 0) is 9.53 Å². The average molecular weight is 431 g/mol. The number of esters is 1. The second kappa shape index (κ2) is 10.1. The lowest BCUT2D eigenvalue weighted by atomic mass is 9.86. The zero-order chi connectivity index (χ0) is 23.2. The van der Waals surface area contributed by atoms with Crippen LogP contribution in [-0.4, -0.2) is 47.3 Å². The zero-order valence-corrected chi connectivity index (χ0v) is 18.7. The largest absolute Gasteiger partial charge is 0.503 e. The van der Waals surface area contributed by atoms with Gasteiger partial charge in [0.15, 0.2) is 17.2 Å². The first-order valence-corrected chi connectivity index (χ1v) is 9.99. The highest BCUT2D eigenvalue weighted by Crippen LogP contribution is 2.29. The van der Waals surface area contributed by atoms with Gasteiger partial charge in [0.1, 0.15) is 24.0 Å². The lowest BCUT2D eigenvalue weighted by molar-refractivity contribution is -0.158. The molecule has 0 aliphatic carbocycles. The van der Waals surface area contributed by atoms with Crippen LogP contribution >= 0.6 is 0 Å². The summed E-state index contributed by atoms with van der Waals surface area (Å²) in [6.07, 6.45) is 0.314. The maximum absolute atomic E-state index is 12.6. The van der Waals surface area contributed by atoms with E-state index in [2.05, 4.69) is 10.3 Å². The summed E-state index contributed by atoms with van der Waals surface area (Å²) in [4.78, 5) is 28.9. The van der Waals surface area contributed by atoms with Crippen molar-refractivity contribution in [2.45, 2.75) is 52.9 Å². The summed E-state index contributed by atoms with van der Waals surface area (Å²) in [7, 11) is 1.36. The Morgan fingerprint density at radius 3 is 2.32 bits per heavy atom. The highest BCUT2D eigenvalue weighted by molar-refractivity contribution is 5.97. The van der Waals surface area contributed by atoms with E-state index in [0.29, 0.717) is 5.75 Å². The van der Waals surface area contributed by atoms with Crippen LogP contribution < -0.4 is 14.8 Å². The van der Waals surface area contributed by atoms with Gasteiger partial charge < -0.3 is 24.6 Å². The number of methoxy groups -OCH3 is 1. The number of aromatic hydroxyl groups is 1. The molecule has 3 atom stereocenters. The maximum Gasteiger partial charge on any atom is 0.328 e. The van der Waals surface area contributed by atoms with Crippen LogP contribution in [0.4, 0.5) is 0 Å². The van der Waals surface area contributed by atoms with Crippen molar-refractivity contribution in [3.05, 3.63) is 48.3 Å². The number of hydrogen-bond acceptors (Lipinski definition) is 7. The Morgan fingerprint density at radius 2 is 1.74 bits per heavy atom. The van der Waals surface area contributed by atoms with Crippen LogP contribution in [0.1, 0.15) is 45.1 Å². The monoisotopic (exact) mass is 430 g/mol. The van der Waals surface area contributed by atoms with Crippen molar-refractivity contribution < 1.29 is 28.9 Å². The van der Waals surface area contributed by atoms with Crippen molar-refractivity contribution >= 4 is 11.9 Å². The predicted octanol–water partition coefficient (Wildman–Crippen LogP) is 3.34. The number of hydrogen-bond donors (Lipinski definition) is 2. The second-order valence-corrected chi connectivity index (χ2v) is 8.27. The quantitative estimate of drug-likeness (QED) is 0.619. The highest BCUT2D eigenvalue weighted by atomic mass is 16.6. The Labute approximate surface area is 182 Å². The number of rotatable bonds is 8. The van der Waals surface area contributed by atoms with E-state index in [1.165, 1.54) is 26.3 Å². The SMILES string of the molecule is COc1ccnc(C(=O)N[C@@H](C)C(=O)O[C@@H](C)[C@H](Oc2ccccc2)C(C)(C)C)c1O. The molecule has 1 amide bonds. The standard InChI is InChI=1S/C23H30N2O6/c1-14(25-21(27)18-19(26)17(29-6)12-13-24-18)22(28)30-15(2)20(23(3,4)5)31-16-10-8-7-9-11-16/h7-15,20,26H,1-6H3,(H,25,27)/t14-,15-,20-/m0/s1. The first kappa shape index (κ1) is 24.0. The molecule has 0 saturated carbocycles. The first-order valence-electron chi connectivity index (χ1n) is 9.99. The Morgan fingerprint density at radius 1 is 1.10 bits per heavy atom. The van der Waals surface area contributed by atoms with Crippen molar-refractivity contribution in [3.63, 3.8) is 0 Å². The third kappa shape index (κ3) is 6.34. The first-order chi connectivity index (χ1) is 14.5. The summed E-state index contributed by atoms with van der Waals surface area (Å²) < 4.78 is 16.7. The number of nitrogens with one attached hydrogen (secondary N) is 1. The highest BCUT2D eigenvalue weighted by Gasteiger charge is 2.35. The number of pyridine rings is 1. The lowest BCUT2D eigenvalue weighted by Crippen LogP contribution is -2.47. The van der Waals surface area contributed by atoms with Crippen molar-refractivity contribution in [2.75, 3.05) is 7.11 Å². The van der Waals surface area contributed by atoms with Crippen LogP contribution in [0.15, 0.2) is 42.6 Å². The van der Waals surface area contributed by atoms with E-state index in [1.54, 1.807) is 6.92 Å². The van der Waals surface area contributed by atoms with Crippen LogP contribution in [0.5, 0.6) is 17.2 Å². The Balaban J connectivity index is 2.05. The summed E-state index contributed by atoms with van der Waals surface area (Å²) in [6.45, 7) is 9.23. The number of carbonyl (C=O) groups is 2. The van der Waals surface area contributed by atoms with E-state index in [9.17, 15) is 14.7 Å². The summed E-state index contributed by atoms with van der Waals surface area (Å²) >= 11 is 0. The summed E-state index contributed by atoms with van der Waals surface area (Å²) in [6, 6.07) is 9.75. The molecule has 0 aliphatic heterocycles. The van der Waals surface area contributed by atoms with Crippen LogP contribution in [0, 0.1) is 5.41 Å². The van der Waals surface area contributed by atoms with Gasteiger partial charge in [-0.15, -0.1) is 0 Å². The molecule has 1 aromatic carbocycles. The molecular formula is C23H30N2O6. The Hall–Kier alpha value is -3.29. The fourth-order valence-corrected chi connectivity index (χ4v) is 3.06. The molecule has 8 heteroatoms. The number of aromatic nitrogens is 1. The molecule has 0 bridgehead atoms. The number of amides is 1. The van der Waals surface area contributed by atoms with Gasteiger partial charge in [0.05, 0.1) is 7.11 Å². The van der Waals surface area contributed by atoms with E-state index >= 15 is 0 Å². The molecule has 8 nitrogen and oxygen atoms in total. The minimum absolute atomic E-state index is 0.107. The molecule has 0 unspecified atom stereocenters. The molecule has 2 aromatic rings. The normalized spacial score (nSPS) is 14.1. The van der Waals surface area contributed by atoms with Gasteiger partial charge in [0, 0.05) is 17.7 Å². The van der Waals surface area contributed by atoms with Gasteiger partial charge in [0.25, 0.3) is 5.91 Å². The van der Waals surface area contributed by atoms with E-state index in [-0.39, 0.29) is 16.9 Å². The van der Waals surface area contributed by atoms with E-state index < -0.39 is 35.9 Å². The van der Waals surface area contributed by atoms with Crippen LogP contribution in [0.2, 0.25) is 0 Å². The summed E-state index contributed by atoms with van der Waals surface area (Å²) in [5, 5.41) is 12.6. The third-order valence-corrected chi connectivity index (χ3v) is 4.61. The zero-order valence-electron chi connectivity index (χ0n) is 18.7. The summed E-state index contributed by atoms with van der Waals surface area (Å²) in [5.41, 5.74) is -0.565. The molecular weight excluding hydrogens is 400 g/mol.